The van der Waals surface area contributed by atoms with Crippen LogP contribution in [0.15, 0.2) is 29.3 Å². The number of H-pyrrole nitrogens is 1. The number of halogens is 1. The van der Waals surface area contributed by atoms with Crippen LogP contribution >= 0.6 is 11.6 Å². The highest BCUT2D eigenvalue weighted by Gasteiger charge is 2.21. The number of nitrogens with zero attached hydrogens (tertiary/aromatic N) is 4. The number of carbonyl (C=O) groups excluding carboxylic acids is 1. The largest absolute Gasteiger partial charge is 0.486 e. The second-order valence-corrected chi connectivity index (χ2v) is 7.58. The van der Waals surface area contributed by atoms with E-state index in [1.807, 2.05) is 24.0 Å². The number of carbonyl (C=O) groups is 1. The summed E-state index contributed by atoms with van der Waals surface area (Å²) in [5, 5.41) is 6.69. The second-order valence-electron chi connectivity index (χ2n) is 7.14. The lowest BCUT2D eigenvalue weighted by Gasteiger charge is -2.35. The molecule has 1 saturated heterocycles. The Morgan fingerprint density at radius 2 is 2.03 bits per heavy atom. The zero-order valence-corrected chi connectivity index (χ0v) is 17.9. The molecule has 1 atom stereocenters. The van der Waals surface area contributed by atoms with Crippen molar-refractivity contribution in [2.24, 2.45) is 0 Å². The average Bonchev–Trinajstić information content (AvgIpc) is 2.75. The molecule has 0 aliphatic carbocycles. The van der Waals surface area contributed by atoms with Gasteiger partial charge in [-0.25, -0.2) is 10.1 Å². The van der Waals surface area contributed by atoms with Crippen molar-refractivity contribution in [2.75, 3.05) is 44.3 Å². The summed E-state index contributed by atoms with van der Waals surface area (Å²) >= 11 is 5.88. The predicted molar refractivity (Wildman–Crippen MR) is 113 cm³/mol. The van der Waals surface area contributed by atoms with Gasteiger partial charge < -0.3 is 19.3 Å². The van der Waals surface area contributed by atoms with Crippen molar-refractivity contribution >= 4 is 23.3 Å². The molecule has 10 heteroatoms. The van der Waals surface area contributed by atoms with E-state index in [4.69, 9.17) is 21.1 Å². The number of nitrogens with one attached hydrogen (secondary N) is 1. The smallest absolute Gasteiger partial charge is 0.270 e. The van der Waals surface area contributed by atoms with Gasteiger partial charge in [-0.15, -0.1) is 0 Å². The number of pyridine rings is 1. The third-order valence-corrected chi connectivity index (χ3v) is 5.09. The van der Waals surface area contributed by atoms with Crippen LogP contribution in [0.2, 0.25) is 5.02 Å². The van der Waals surface area contributed by atoms with Crippen molar-refractivity contribution in [3.8, 4) is 5.75 Å². The number of hydrogen-bond donors (Lipinski definition) is 1. The van der Waals surface area contributed by atoms with Gasteiger partial charge >= 0.3 is 0 Å². The molecule has 1 aliphatic heterocycles. The third-order valence-electron chi connectivity index (χ3n) is 4.87. The maximum atomic E-state index is 12.4. The molecule has 0 aromatic carbocycles. The molecule has 1 fully saturated rings. The van der Waals surface area contributed by atoms with Gasteiger partial charge in [0.05, 0.1) is 36.4 Å². The standard InChI is InChI=1S/C20H26ClN5O4/c1-14(30-17-12-23-24-20(28)15(17)2)13-29-10-5-19(27)26-8-6-25(7-9-26)18-4-3-16(21)11-22-18/h3-4,11-12,14H,5-10,13H2,1-2H3,(H,24,28)/t14-/m0/s1. The molecule has 3 rings (SSSR count). The molecular formula is C20H26ClN5O4. The Balaban J connectivity index is 1.34. The SMILES string of the molecule is Cc1c(O[C@@H](C)COCCC(=O)N2CCN(c3ccc(Cl)cn3)CC2)cn[nH]c1=O. The Morgan fingerprint density at radius 3 is 2.73 bits per heavy atom. The van der Waals surface area contributed by atoms with E-state index < -0.39 is 0 Å². The molecule has 30 heavy (non-hydrogen) atoms. The van der Waals surface area contributed by atoms with E-state index in [0.717, 1.165) is 18.9 Å². The number of hydrogen-bond acceptors (Lipinski definition) is 7. The van der Waals surface area contributed by atoms with Crippen LogP contribution in [0.1, 0.15) is 18.9 Å². The van der Waals surface area contributed by atoms with E-state index in [9.17, 15) is 9.59 Å². The van der Waals surface area contributed by atoms with Crippen LogP contribution in [-0.2, 0) is 9.53 Å². The van der Waals surface area contributed by atoms with E-state index in [1.165, 1.54) is 6.20 Å². The monoisotopic (exact) mass is 435 g/mol. The summed E-state index contributed by atoms with van der Waals surface area (Å²) in [5.41, 5.74) is 0.193. The number of aromatic nitrogens is 3. The van der Waals surface area contributed by atoms with Crippen molar-refractivity contribution in [2.45, 2.75) is 26.4 Å². The number of aromatic amines is 1. The van der Waals surface area contributed by atoms with Crippen LogP contribution in [0.3, 0.4) is 0 Å². The van der Waals surface area contributed by atoms with E-state index in [-0.39, 0.29) is 17.6 Å². The van der Waals surface area contributed by atoms with Gasteiger partial charge in [0.15, 0.2) is 0 Å². The molecule has 162 valence electrons. The molecule has 2 aromatic heterocycles. The van der Waals surface area contributed by atoms with E-state index in [2.05, 4.69) is 20.1 Å². The Bertz CT molecular complexity index is 897. The minimum absolute atomic E-state index is 0.0712. The number of amides is 1. The lowest BCUT2D eigenvalue weighted by atomic mass is 10.2. The molecule has 1 N–H and O–H groups in total. The summed E-state index contributed by atoms with van der Waals surface area (Å²) in [6.45, 7) is 6.91. The molecule has 2 aromatic rings. The first kappa shape index (κ1) is 22.0. The maximum absolute atomic E-state index is 12.4. The van der Waals surface area contributed by atoms with Crippen molar-refractivity contribution in [1.82, 2.24) is 20.1 Å². The van der Waals surface area contributed by atoms with Crippen molar-refractivity contribution < 1.29 is 14.3 Å². The molecule has 0 radical (unpaired) electrons. The van der Waals surface area contributed by atoms with E-state index >= 15 is 0 Å². The molecule has 0 spiro atoms. The Kier molecular flexibility index (Phi) is 7.64. The number of rotatable bonds is 8. The van der Waals surface area contributed by atoms with Crippen LogP contribution in [-0.4, -0.2) is 71.5 Å². The first-order chi connectivity index (χ1) is 14.4. The van der Waals surface area contributed by atoms with Crippen LogP contribution in [0.5, 0.6) is 5.75 Å². The van der Waals surface area contributed by atoms with Crippen LogP contribution in [0.4, 0.5) is 5.82 Å². The molecule has 0 bridgehead atoms. The van der Waals surface area contributed by atoms with Crippen LogP contribution < -0.4 is 15.2 Å². The molecule has 1 amide bonds. The second kappa shape index (κ2) is 10.4. The molecule has 9 nitrogen and oxygen atoms in total. The topological polar surface area (TPSA) is 101 Å². The molecule has 1 aliphatic rings. The summed E-state index contributed by atoms with van der Waals surface area (Å²) in [6.07, 6.45) is 3.15. The van der Waals surface area contributed by atoms with Crippen LogP contribution in [0.25, 0.3) is 0 Å². The number of piperazine rings is 1. The van der Waals surface area contributed by atoms with Crippen LogP contribution in [0, 0.1) is 6.92 Å². The normalized spacial score (nSPS) is 15.2. The van der Waals surface area contributed by atoms with E-state index in [0.29, 0.717) is 49.1 Å². The summed E-state index contributed by atoms with van der Waals surface area (Å²) in [7, 11) is 0. The number of ether oxygens (including phenoxy) is 2. The fourth-order valence-corrected chi connectivity index (χ4v) is 3.23. The molecular weight excluding hydrogens is 410 g/mol. The maximum Gasteiger partial charge on any atom is 0.270 e. The average molecular weight is 436 g/mol. The highest BCUT2D eigenvalue weighted by molar-refractivity contribution is 6.30. The molecule has 3 heterocycles. The van der Waals surface area contributed by atoms with Crippen molar-refractivity contribution in [1.29, 1.82) is 0 Å². The molecule has 0 unspecified atom stereocenters. The fourth-order valence-electron chi connectivity index (χ4n) is 3.12. The zero-order valence-electron chi connectivity index (χ0n) is 17.1. The third kappa shape index (κ3) is 5.93. The Hall–Kier alpha value is -2.65. The minimum Gasteiger partial charge on any atom is -0.486 e. The fraction of sp³-hybridized carbons (Fsp3) is 0.500. The van der Waals surface area contributed by atoms with Gasteiger partial charge in [0, 0.05) is 32.4 Å². The number of anilines is 1. The van der Waals surface area contributed by atoms with Gasteiger partial charge in [-0.1, -0.05) is 11.6 Å². The van der Waals surface area contributed by atoms with Crippen molar-refractivity contribution in [3.05, 3.63) is 45.5 Å². The summed E-state index contributed by atoms with van der Waals surface area (Å²) in [4.78, 5) is 32.3. The first-order valence-electron chi connectivity index (χ1n) is 9.87. The quantitative estimate of drug-likeness (QED) is 0.629. The van der Waals surface area contributed by atoms with Gasteiger partial charge in [0.2, 0.25) is 5.91 Å². The summed E-state index contributed by atoms with van der Waals surface area (Å²) < 4.78 is 11.3. The summed E-state index contributed by atoms with van der Waals surface area (Å²) in [6, 6.07) is 3.71. The summed E-state index contributed by atoms with van der Waals surface area (Å²) in [5.74, 6) is 1.37. The lowest BCUT2D eigenvalue weighted by molar-refractivity contribution is -0.132. The highest BCUT2D eigenvalue weighted by Crippen LogP contribution is 2.16. The first-order valence-corrected chi connectivity index (χ1v) is 10.2. The van der Waals surface area contributed by atoms with E-state index in [1.54, 1.807) is 13.1 Å². The Morgan fingerprint density at radius 1 is 1.27 bits per heavy atom. The zero-order chi connectivity index (χ0) is 21.5. The van der Waals surface area contributed by atoms with Gasteiger partial charge in [-0.3, -0.25) is 9.59 Å². The lowest BCUT2D eigenvalue weighted by Crippen LogP contribution is -2.49. The van der Waals surface area contributed by atoms with Gasteiger partial charge in [0.1, 0.15) is 17.7 Å². The minimum atomic E-state index is -0.279. The molecule has 0 saturated carbocycles. The highest BCUT2D eigenvalue weighted by atomic mass is 35.5. The van der Waals surface area contributed by atoms with Gasteiger partial charge in [-0.05, 0) is 26.0 Å². The Labute approximate surface area is 179 Å². The predicted octanol–water partition coefficient (Wildman–Crippen LogP) is 1.65. The van der Waals surface area contributed by atoms with Gasteiger partial charge in [0.25, 0.3) is 5.56 Å². The van der Waals surface area contributed by atoms with Crippen molar-refractivity contribution in [3.63, 3.8) is 0 Å². The van der Waals surface area contributed by atoms with Gasteiger partial charge in [-0.2, -0.15) is 5.10 Å².